The third-order valence-corrected chi connectivity index (χ3v) is 5.49. The smallest absolute Gasteiger partial charge is 0.234 e. The minimum Gasteiger partial charge on any atom is -0.325 e. The van der Waals surface area contributed by atoms with E-state index in [4.69, 9.17) is 11.6 Å². The van der Waals surface area contributed by atoms with E-state index in [0.29, 0.717) is 28.2 Å². The highest BCUT2D eigenvalue weighted by Gasteiger charge is 2.17. The molecule has 0 bridgehead atoms. The molecule has 0 spiro atoms. The van der Waals surface area contributed by atoms with E-state index in [9.17, 15) is 9.59 Å². The SMILES string of the molecule is C=CCn1c(CC(=O)Nc2ccccc2C)nnc1SCC(=O)Nc1cccc(Cl)c1. The second kappa shape index (κ2) is 10.8. The molecule has 31 heavy (non-hydrogen) atoms. The van der Waals surface area contributed by atoms with Crippen molar-refractivity contribution >= 4 is 46.6 Å². The number of aromatic nitrogens is 3. The maximum absolute atomic E-state index is 12.5. The third-order valence-electron chi connectivity index (χ3n) is 4.28. The van der Waals surface area contributed by atoms with Crippen molar-refractivity contribution in [3.63, 3.8) is 0 Å². The molecular formula is C22H22ClN5O2S. The van der Waals surface area contributed by atoms with Gasteiger partial charge in [-0.2, -0.15) is 0 Å². The number of nitrogens with zero attached hydrogens (tertiary/aromatic N) is 3. The lowest BCUT2D eigenvalue weighted by molar-refractivity contribution is -0.116. The van der Waals surface area contributed by atoms with E-state index in [-0.39, 0.29) is 24.0 Å². The maximum Gasteiger partial charge on any atom is 0.234 e. The molecule has 0 aliphatic rings. The Bertz CT molecular complexity index is 1100. The molecule has 160 valence electrons. The lowest BCUT2D eigenvalue weighted by Gasteiger charge is -2.10. The van der Waals surface area contributed by atoms with E-state index in [2.05, 4.69) is 27.4 Å². The van der Waals surface area contributed by atoms with Crippen LogP contribution in [-0.2, 0) is 22.6 Å². The lowest BCUT2D eigenvalue weighted by atomic mass is 10.2. The molecule has 0 fully saturated rings. The highest BCUT2D eigenvalue weighted by molar-refractivity contribution is 7.99. The number of aryl methyl sites for hydroxylation is 1. The number of amides is 2. The number of para-hydroxylation sites is 1. The van der Waals surface area contributed by atoms with Crippen molar-refractivity contribution in [3.8, 4) is 0 Å². The number of hydrogen-bond acceptors (Lipinski definition) is 5. The molecule has 0 aliphatic heterocycles. The minimum atomic E-state index is -0.195. The van der Waals surface area contributed by atoms with Gasteiger partial charge in [-0.25, -0.2) is 0 Å². The molecule has 1 heterocycles. The van der Waals surface area contributed by atoms with Crippen molar-refractivity contribution < 1.29 is 9.59 Å². The van der Waals surface area contributed by atoms with Crippen LogP contribution in [0.3, 0.4) is 0 Å². The van der Waals surface area contributed by atoms with Crippen LogP contribution in [0.2, 0.25) is 5.02 Å². The molecule has 0 aliphatic carbocycles. The summed E-state index contributed by atoms with van der Waals surface area (Å²) in [5.41, 5.74) is 2.36. The fourth-order valence-electron chi connectivity index (χ4n) is 2.81. The minimum absolute atomic E-state index is 0.0600. The average Bonchev–Trinajstić information content (AvgIpc) is 3.10. The van der Waals surface area contributed by atoms with E-state index < -0.39 is 0 Å². The molecule has 0 saturated heterocycles. The van der Waals surface area contributed by atoms with Crippen LogP contribution in [0, 0.1) is 6.92 Å². The van der Waals surface area contributed by atoms with Gasteiger partial charge in [0.05, 0.1) is 12.2 Å². The van der Waals surface area contributed by atoms with Gasteiger partial charge < -0.3 is 15.2 Å². The van der Waals surface area contributed by atoms with Gasteiger partial charge in [0, 0.05) is 22.9 Å². The van der Waals surface area contributed by atoms with Crippen LogP contribution < -0.4 is 10.6 Å². The zero-order valence-corrected chi connectivity index (χ0v) is 18.5. The number of halogens is 1. The van der Waals surface area contributed by atoms with Gasteiger partial charge in [-0.1, -0.05) is 53.7 Å². The van der Waals surface area contributed by atoms with E-state index >= 15 is 0 Å². The molecule has 1 aromatic heterocycles. The molecule has 0 unspecified atom stereocenters. The standard InChI is InChI=1S/C22H22ClN5O2S/c1-3-11-28-19(13-20(29)25-18-10-5-4-7-15(18)2)26-27-22(28)31-14-21(30)24-17-9-6-8-16(23)12-17/h3-10,12H,1,11,13-14H2,2H3,(H,24,30)(H,25,29). The zero-order valence-electron chi connectivity index (χ0n) is 17.0. The normalized spacial score (nSPS) is 10.5. The molecule has 2 amide bonds. The lowest BCUT2D eigenvalue weighted by Crippen LogP contribution is -2.18. The van der Waals surface area contributed by atoms with Crippen LogP contribution in [0.1, 0.15) is 11.4 Å². The summed E-state index contributed by atoms with van der Waals surface area (Å²) in [5, 5.41) is 15.1. The van der Waals surface area contributed by atoms with Crippen LogP contribution in [-0.4, -0.2) is 32.3 Å². The Labute approximate surface area is 189 Å². The van der Waals surface area contributed by atoms with Crippen LogP contribution in [0.5, 0.6) is 0 Å². The van der Waals surface area contributed by atoms with Gasteiger partial charge in [0.2, 0.25) is 11.8 Å². The number of thioether (sulfide) groups is 1. The number of rotatable bonds is 9. The van der Waals surface area contributed by atoms with Crippen molar-refractivity contribution in [2.45, 2.75) is 25.0 Å². The summed E-state index contributed by atoms with van der Waals surface area (Å²) in [6.45, 7) is 6.12. The number of benzene rings is 2. The van der Waals surface area contributed by atoms with Crippen LogP contribution >= 0.6 is 23.4 Å². The first-order valence-corrected chi connectivity index (χ1v) is 10.9. The van der Waals surface area contributed by atoms with Crippen molar-refractivity contribution in [1.29, 1.82) is 0 Å². The van der Waals surface area contributed by atoms with Crippen molar-refractivity contribution in [2.24, 2.45) is 0 Å². The first kappa shape index (κ1) is 22.6. The summed E-state index contributed by atoms with van der Waals surface area (Å²) in [5.74, 6) is 0.252. The summed E-state index contributed by atoms with van der Waals surface area (Å²) in [4.78, 5) is 24.8. The summed E-state index contributed by atoms with van der Waals surface area (Å²) in [6.07, 6.45) is 1.76. The molecule has 3 rings (SSSR count). The monoisotopic (exact) mass is 455 g/mol. The number of carbonyl (C=O) groups excluding carboxylic acids is 2. The Morgan fingerprint density at radius 3 is 2.68 bits per heavy atom. The number of hydrogen-bond donors (Lipinski definition) is 2. The van der Waals surface area contributed by atoms with E-state index in [1.165, 1.54) is 11.8 Å². The maximum atomic E-state index is 12.5. The Kier molecular flexibility index (Phi) is 7.86. The van der Waals surface area contributed by atoms with Crippen molar-refractivity contribution in [3.05, 3.63) is 77.6 Å². The van der Waals surface area contributed by atoms with Crippen LogP contribution in [0.4, 0.5) is 11.4 Å². The Hall–Kier alpha value is -3.10. The molecule has 0 atom stereocenters. The first-order valence-electron chi connectivity index (χ1n) is 9.53. The molecule has 2 aromatic carbocycles. The number of anilines is 2. The fourth-order valence-corrected chi connectivity index (χ4v) is 3.77. The van der Waals surface area contributed by atoms with Gasteiger partial charge in [-0.15, -0.1) is 16.8 Å². The van der Waals surface area contributed by atoms with E-state index in [1.54, 1.807) is 34.9 Å². The highest BCUT2D eigenvalue weighted by atomic mass is 35.5. The van der Waals surface area contributed by atoms with Gasteiger partial charge in [0.25, 0.3) is 0 Å². The van der Waals surface area contributed by atoms with E-state index in [0.717, 1.165) is 11.3 Å². The molecule has 9 heteroatoms. The quantitative estimate of drug-likeness (QED) is 0.370. The molecule has 0 radical (unpaired) electrons. The predicted molar refractivity (Wildman–Crippen MR) is 125 cm³/mol. The number of nitrogens with one attached hydrogen (secondary N) is 2. The Morgan fingerprint density at radius 2 is 1.94 bits per heavy atom. The van der Waals surface area contributed by atoms with Gasteiger partial charge in [-0.3, -0.25) is 9.59 Å². The second-order valence-corrected chi connectivity index (χ2v) is 8.06. The highest BCUT2D eigenvalue weighted by Crippen LogP contribution is 2.20. The fraction of sp³-hybridized carbons (Fsp3) is 0.182. The van der Waals surface area contributed by atoms with Crippen LogP contribution in [0.15, 0.2) is 66.3 Å². The summed E-state index contributed by atoms with van der Waals surface area (Å²) in [7, 11) is 0. The van der Waals surface area contributed by atoms with Crippen molar-refractivity contribution in [2.75, 3.05) is 16.4 Å². The van der Waals surface area contributed by atoms with Gasteiger partial charge in [0.15, 0.2) is 5.16 Å². The molecule has 3 aromatic rings. The Morgan fingerprint density at radius 1 is 1.13 bits per heavy atom. The summed E-state index contributed by atoms with van der Waals surface area (Å²) < 4.78 is 1.78. The van der Waals surface area contributed by atoms with Gasteiger partial charge >= 0.3 is 0 Å². The van der Waals surface area contributed by atoms with Gasteiger partial charge in [0.1, 0.15) is 5.82 Å². The summed E-state index contributed by atoms with van der Waals surface area (Å²) in [6, 6.07) is 14.5. The van der Waals surface area contributed by atoms with E-state index in [1.807, 2.05) is 31.2 Å². The average molecular weight is 456 g/mol. The molecule has 7 nitrogen and oxygen atoms in total. The van der Waals surface area contributed by atoms with Gasteiger partial charge in [-0.05, 0) is 36.8 Å². The van der Waals surface area contributed by atoms with Crippen LogP contribution in [0.25, 0.3) is 0 Å². The molecule has 2 N–H and O–H groups in total. The van der Waals surface area contributed by atoms with Crippen molar-refractivity contribution in [1.82, 2.24) is 14.8 Å². The predicted octanol–water partition coefficient (Wildman–Crippen LogP) is 4.34. The third kappa shape index (κ3) is 6.44. The largest absolute Gasteiger partial charge is 0.325 e. The number of allylic oxidation sites excluding steroid dienone is 1. The number of carbonyl (C=O) groups is 2. The molecular weight excluding hydrogens is 434 g/mol. The summed E-state index contributed by atoms with van der Waals surface area (Å²) >= 11 is 7.18. The zero-order chi connectivity index (χ0) is 22.2. The topological polar surface area (TPSA) is 88.9 Å². The second-order valence-electron chi connectivity index (χ2n) is 6.69. The first-order chi connectivity index (χ1) is 15.0. The Balaban J connectivity index is 1.63. The molecule has 0 saturated carbocycles.